The van der Waals surface area contributed by atoms with Crippen LogP contribution in [0.3, 0.4) is 0 Å². The number of hydrogen-bond acceptors (Lipinski definition) is 3. The van der Waals surface area contributed by atoms with Crippen molar-refractivity contribution in [3.8, 4) is 5.75 Å². The maximum absolute atomic E-state index is 5.93. The van der Waals surface area contributed by atoms with E-state index in [-0.39, 0.29) is 6.10 Å². The molecule has 0 amide bonds. The Morgan fingerprint density at radius 2 is 2.25 bits per heavy atom. The highest BCUT2D eigenvalue weighted by Crippen LogP contribution is 2.27. The fourth-order valence-corrected chi connectivity index (χ4v) is 2.88. The van der Waals surface area contributed by atoms with Gasteiger partial charge in [-0.15, -0.1) is 0 Å². The minimum absolute atomic E-state index is 0.277. The minimum atomic E-state index is 0.277. The minimum Gasteiger partial charge on any atom is -0.491 e. The molecular weight excluding hydrogens is 248 g/mol. The van der Waals surface area contributed by atoms with Gasteiger partial charge in [-0.2, -0.15) is 0 Å². The van der Waals surface area contributed by atoms with Crippen LogP contribution in [0.5, 0.6) is 5.75 Å². The summed E-state index contributed by atoms with van der Waals surface area (Å²) in [7, 11) is 2.07. The summed E-state index contributed by atoms with van der Waals surface area (Å²) in [4.78, 5) is 2.47. The lowest BCUT2D eigenvalue weighted by atomic mass is 9.93. The van der Waals surface area contributed by atoms with E-state index in [1.165, 1.54) is 12.1 Å². The topological polar surface area (TPSA) is 24.5 Å². The SMILES string of the molecule is CCC(C)Oc1cccc(N2CCC(NC)C(C)C2)c1. The van der Waals surface area contributed by atoms with Crippen LogP contribution in [0.4, 0.5) is 5.69 Å². The summed E-state index contributed by atoms with van der Waals surface area (Å²) in [5.41, 5.74) is 1.28. The third-order valence-electron chi connectivity index (χ3n) is 4.37. The van der Waals surface area contributed by atoms with Gasteiger partial charge in [0.2, 0.25) is 0 Å². The molecule has 1 saturated heterocycles. The van der Waals surface area contributed by atoms with E-state index >= 15 is 0 Å². The molecule has 1 fully saturated rings. The van der Waals surface area contributed by atoms with Gasteiger partial charge in [-0.3, -0.25) is 0 Å². The molecule has 1 aliphatic heterocycles. The number of hydrogen-bond donors (Lipinski definition) is 1. The average Bonchev–Trinajstić information content (AvgIpc) is 2.47. The van der Waals surface area contributed by atoms with Crippen molar-refractivity contribution in [2.24, 2.45) is 5.92 Å². The van der Waals surface area contributed by atoms with Gasteiger partial charge in [-0.1, -0.05) is 19.9 Å². The first-order valence-corrected chi connectivity index (χ1v) is 7.83. The first-order chi connectivity index (χ1) is 9.63. The Bertz CT molecular complexity index is 421. The maximum Gasteiger partial charge on any atom is 0.121 e. The van der Waals surface area contributed by atoms with Gasteiger partial charge < -0.3 is 15.0 Å². The second-order valence-electron chi connectivity index (χ2n) is 5.94. The second-order valence-corrected chi connectivity index (χ2v) is 5.94. The zero-order chi connectivity index (χ0) is 14.5. The predicted molar refractivity (Wildman–Crippen MR) is 85.7 cm³/mol. The zero-order valence-electron chi connectivity index (χ0n) is 13.2. The summed E-state index contributed by atoms with van der Waals surface area (Å²) in [6.07, 6.45) is 2.52. The number of ether oxygens (including phenoxy) is 1. The molecule has 1 aromatic rings. The smallest absolute Gasteiger partial charge is 0.121 e. The molecule has 1 heterocycles. The van der Waals surface area contributed by atoms with Crippen LogP contribution in [0.15, 0.2) is 24.3 Å². The molecule has 1 N–H and O–H groups in total. The molecule has 3 heteroatoms. The molecule has 0 aromatic heterocycles. The van der Waals surface area contributed by atoms with E-state index in [2.05, 4.69) is 62.3 Å². The monoisotopic (exact) mass is 276 g/mol. The van der Waals surface area contributed by atoms with Crippen LogP contribution in [0, 0.1) is 5.92 Å². The van der Waals surface area contributed by atoms with Crippen LogP contribution < -0.4 is 15.0 Å². The van der Waals surface area contributed by atoms with E-state index in [4.69, 9.17) is 4.74 Å². The van der Waals surface area contributed by atoms with Crippen LogP contribution in [-0.2, 0) is 0 Å². The van der Waals surface area contributed by atoms with Crippen molar-refractivity contribution in [3.05, 3.63) is 24.3 Å². The molecule has 20 heavy (non-hydrogen) atoms. The first kappa shape index (κ1) is 15.2. The van der Waals surface area contributed by atoms with Crippen molar-refractivity contribution < 1.29 is 4.74 Å². The molecule has 3 atom stereocenters. The lowest BCUT2D eigenvalue weighted by Gasteiger charge is -2.38. The van der Waals surface area contributed by atoms with Gasteiger partial charge in [0, 0.05) is 30.9 Å². The van der Waals surface area contributed by atoms with Crippen LogP contribution in [0.25, 0.3) is 0 Å². The maximum atomic E-state index is 5.93. The third-order valence-corrected chi connectivity index (χ3v) is 4.37. The molecule has 3 nitrogen and oxygen atoms in total. The lowest BCUT2D eigenvalue weighted by molar-refractivity contribution is 0.217. The first-order valence-electron chi connectivity index (χ1n) is 7.83. The summed E-state index contributed by atoms with van der Waals surface area (Å²) in [5.74, 6) is 1.66. The van der Waals surface area contributed by atoms with Gasteiger partial charge >= 0.3 is 0 Å². The number of benzene rings is 1. The van der Waals surface area contributed by atoms with Crippen molar-refractivity contribution >= 4 is 5.69 Å². The highest BCUT2D eigenvalue weighted by atomic mass is 16.5. The van der Waals surface area contributed by atoms with Crippen molar-refractivity contribution in [2.45, 2.75) is 45.8 Å². The molecule has 0 bridgehead atoms. The summed E-state index contributed by atoms with van der Waals surface area (Å²) < 4.78 is 5.93. The highest BCUT2D eigenvalue weighted by Gasteiger charge is 2.24. The van der Waals surface area contributed by atoms with Gasteiger partial charge in [0.05, 0.1) is 6.10 Å². The van der Waals surface area contributed by atoms with Crippen molar-refractivity contribution in [2.75, 3.05) is 25.0 Å². The molecule has 0 aliphatic carbocycles. The Hall–Kier alpha value is -1.22. The summed E-state index contributed by atoms with van der Waals surface area (Å²) >= 11 is 0. The molecule has 112 valence electrons. The largest absolute Gasteiger partial charge is 0.491 e. The van der Waals surface area contributed by atoms with Crippen molar-refractivity contribution in [1.29, 1.82) is 0 Å². The van der Waals surface area contributed by atoms with Gasteiger partial charge in [0.15, 0.2) is 0 Å². The number of nitrogens with zero attached hydrogens (tertiary/aromatic N) is 1. The van der Waals surface area contributed by atoms with E-state index in [9.17, 15) is 0 Å². The normalized spacial score (nSPS) is 24.5. The summed E-state index contributed by atoms with van der Waals surface area (Å²) in [6, 6.07) is 9.17. The lowest BCUT2D eigenvalue weighted by Crippen LogP contribution is -2.47. The zero-order valence-corrected chi connectivity index (χ0v) is 13.2. The Morgan fingerprint density at radius 1 is 1.45 bits per heavy atom. The fraction of sp³-hybridized carbons (Fsp3) is 0.647. The van der Waals surface area contributed by atoms with E-state index in [1.54, 1.807) is 0 Å². The molecule has 3 unspecified atom stereocenters. The van der Waals surface area contributed by atoms with Crippen molar-refractivity contribution in [1.82, 2.24) is 5.32 Å². The standard InChI is InChI=1S/C17H28N2O/c1-5-14(3)20-16-8-6-7-15(11-16)19-10-9-17(18-4)13(2)12-19/h6-8,11,13-14,17-18H,5,9-10,12H2,1-4H3. The highest BCUT2D eigenvalue weighted by molar-refractivity contribution is 5.51. The molecule has 0 saturated carbocycles. The number of nitrogens with one attached hydrogen (secondary N) is 1. The van der Waals surface area contributed by atoms with Crippen LogP contribution in [0.1, 0.15) is 33.6 Å². The average molecular weight is 276 g/mol. The Morgan fingerprint density at radius 3 is 2.90 bits per heavy atom. The van der Waals surface area contributed by atoms with Gasteiger partial charge in [-0.25, -0.2) is 0 Å². The Kier molecular flexibility index (Phi) is 5.30. The number of rotatable bonds is 5. The second kappa shape index (κ2) is 6.98. The van der Waals surface area contributed by atoms with E-state index in [0.29, 0.717) is 12.0 Å². The fourth-order valence-electron chi connectivity index (χ4n) is 2.88. The quantitative estimate of drug-likeness (QED) is 0.893. The van der Waals surface area contributed by atoms with E-state index < -0.39 is 0 Å². The van der Waals surface area contributed by atoms with Crippen LogP contribution in [0.2, 0.25) is 0 Å². The molecular formula is C17H28N2O. The van der Waals surface area contributed by atoms with E-state index in [1.807, 2.05) is 0 Å². The van der Waals surface area contributed by atoms with Crippen molar-refractivity contribution in [3.63, 3.8) is 0 Å². The predicted octanol–water partition coefficient (Wildman–Crippen LogP) is 3.30. The molecule has 2 rings (SSSR count). The van der Waals surface area contributed by atoms with E-state index in [0.717, 1.165) is 25.3 Å². The molecule has 1 aliphatic rings. The Balaban J connectivity index is 2.04. The number of piperidine rings is 1. The molecule has 0 radical (unpaired) electrons. The molecule has 0 spiro atoms. The van der Waals surface area contributed by atoms with Crippen LogP contribution in [-0.4, -0.2) is 32.3 Å². The van der Waals surface area contributed by atoms with Gasteiger partial charge in [-0.05, 0) is 44.9 Å². The summed E-state index contributed by atoms with van der Waals surface area (Å²) in [6.45, 7) is 8.82. The van der Waals surface area contributed by atoms with Gasteiger partial charge in [0.25, 0.3) is 0 Å². The number of anilines is 1. The Labute approximate surface area is 123 Å². The van der Waals surface area contributed by atoms with Crippen LogP contribution >= 0.6 is 0 Å². The molecule has 1 aromatic carbocycles. The van der Waals surface area contributed by atoms with Gasteiger partial charge in [0.1, 0.15) is 5.75 Å². The summed E-state index contributed by atoms with van der Waals surface area (Å²) in [5, 5.41) is 3.42. The third kappa shape index (κ3) is 3.66.